The first-order valence-corrected chi connectivity index (χ1v) is 6.80. The first kappa shape index (κ1) is 12.6. The lowest BCUT2D eigenvalue weighted by Gasteiger charge is -2.32. The molecule has 1 aliphatic rings. The van der Waals surface area contributed by atoms with Gasteiger partial charge in [0.2, 0.25) is 0 Å². The van der Waals surface area contributed by atoms with Crippen LogP contribution in [0.5, 0.6) is 0 Å². The molecule has 1 saturated carbocycles. The van der Waals surface area contributed by atoms with E-state index in [9.17, 15) is 0 Å². The predicted molar refractivity (Wildman–Crippen MR) is 71.8 cm³/mol. The summed E-state index contributed by atoms with van der Waals surface area (Å²) in [6, 6.07) is 4.95. The van der Waals surface area contributed by atoms with Gasteiger partial charge in [-0.3, -0.25) is 4.98 Å². The summed E-state index contributed by atoms with van der Waals surface area (Å²) < 4.78 is 0. The molecule has 3 unspecified atom stereocenters. The maximum Gasteiger partial charge on any atom is 0.0372 e. The number of pyridine rings is 1. The van der Waals surface area contributed by atoms with Crippen molar-refractivity contribution in [1.29, 1.82) is 0 Å². The molecule has 94 valence electrons. The van der Waals surface area contributed by atoms with E-state index in [2.05, 4.69) is 36.3 Å². The normalized spacial score (nSPS) is 29.2. The number of aromatic nitrogens is 1. The largest absolute Gasteiger partial charge is 0.310 e. The Morgan fingerprint density at radius 1 is 1.24 bits per heavy atom. The van der Waals surface area contributed by atoms with Crippen molar-refractivity contribution in [3.05, 3.63) is 29.6 Å². The molecule has 1 aromatic heterocycles. The molecule has 2 nitrogen and oxygen atoms in total. The summed E-state index contributed by atoms with van der Waals surface area (Å²) in [6.45, 7) is 7.75. The lowest BCUT2D eigenvalue weighted by molar-refractivity contribution is 0.225. The van der Waals surface area contributed by atoms with Crippen LogP contribution in [0, 0.1) is 18.8 Å². The number of nitrogens with zero attached hydrogens (tertiary/aromatic N) is 1. The van der Waals surface area contributed by atoms with Gasteiger partial charge in [-0.05, 0) is 49.7 Å². The molecule has 0 amide bonds. The molecule has 0 aromatic carbocycles. The molecule has 1 aromatic rings. The van der Waals surface area contributed by atoms with Crippen molar-refractivity contribution in [1.82, 2.24) is 10.3 Å². The van der Waals surface area contributed by atoms with E-state index >= 15 is 0 Å². The number of rotatable bonds is 3. The second kappa shape index (κ2) is 5.63. The maximum absolute atomic E-state index is 4.33. The van der Waals surface area contributed by atoms with Crippen LogP contribution in [0.1, 0.15) is 44.4 Å². The van der Waals surface area contributed by atoms with Gasteiger partial charge in [-0.25, -0.2) is 0 Å². The summed E-state index contributed by atoms with van der Waals surface area (Å²) >= 11 is 0. The summed E-state index contributed by atoms with van der Waals surface area (Å²) in [5.41, 5.74) is 2.38. The molecular formula is C15H24N2. The summed E-state index contributed by atoms with van der Waals surface area (Å²) in [7, 11) is 0. The van der Waals surface area contributed by atoms with Gasteiger partial charge in [0.25, 0.3) is 0 Å². The zero-order valence-electron chi connectivity index (χ0n) is 11.2. The Kier molecular flexibility index (Phi) is 4.16. The van der Waals surface area contributed by atoms with Crippen molar-refractivity contribution < 1.29 is 0 Å². The molecule has 1 N–H and O–H groups in total. The zero-order valence-corrected chi connectivity index (χ0v) is 11.2. The average Bonchev–Trinajstić information content (AvgIpc) is 2.33. The minimum atomic E-state index is 0.697. The fourth-order valence-electron chi connectivity index (χ4n) is 2.60. The van der Waals surface area contributed by atoms with Gasteiger partial charge in [0.1, 0.15) is 0 Å². The first-order valence-electron chi connectivity index (χ1n) is 6.80. The van der Waals surface area contributed by atoms with Gasteiger partial charge in [-0.1, -0.05) is 19.9 Å². The van der Waals surface area contributed by atoms with Gasteiger partial charge in [0, 0.05) is 24.5 Å². The highest BCUT2D eigenvalue weighted by Crippen LogP contribution is 2.29. The standard InChI is InChI=1S/C15H24N2/c1-11-4-7-15(8-12(11)2)17-10-14-6-5-13(3)16-9-14/h5-6,9,11-12,15,17H,4,7-8,10H2,1-3H3. The second-order valence-corrected chi connectivity index (χ2v) is 5.65. The highest BCUT2D eigenvalue weighted by atomic mass is 14.9. The molecule has 0 bridgehead atoms. The minimum absolute atomic E-state index is 0.697. The van der Waals surface area contributed by atoms with Crippen LogP contribution in [0.15, 0.2) is 18.3 Å². The topological polar surface area (TPSA) is 24.9 Å². The number of aryl methyl sites for hydroxylation is 1. The molecule has 17 heavy (non-hydrogen) atoms. The van der Waals surface area contributed by atoms with Crippen LogP contribution < -0.4 is 5.32 Å². The third-order valence-electron chi connectivity index (χ3n) is 4.17. The van der Waals surface area contributed by atoms with E-state index in [1.807, 2.05) is 13.1 Å². The number of hydrogen-bond donors (Lipinski definition) is 1. The van der Waals surface area contributed by atoms with Gasteiger partial charge in [0.15, 0.2) is 0 Å². The highest BCUT2D eigenvalue weighted by Gasteiger charge is 2.23. The van der Waals surface area contributed by atoms with Gasteiger partial charge in [-0.2, -0.15) is 0 Å². The molecule has 1 fully saturated rings. The summed E-state index contributed by atoms with van der Waals surface area (Å²) in [5.74, 6) is 1.76. The summed E-state index contributed by atoms with van der Waals surface area (Å²) in [6.07, 6.45) is 5.99. The van der Waals surface area contributed by atoms with E-state index in [1.54, 1.807) is 0 Å². The summed E-state index contributed by atoms with van der Waals surface area (Å²) in [5, 5.41) is 3.67. The monoisotopic (exact) mass is 232 g/mol. The highest BCUT2D eigenvalue weighted by molar-refractivity contribution is 5.12. The molecule has 2 rings (SSSR count). The van der Waals surface area contributed by atoms with Gasteiger partial charge < -0.3 is 5.32 Å². The molecule has 2 heteroatoms. The average molecular weight is 232 g/mol. The van der Waals surface area contributed by atoms with Crippen LogP contribution >= 0.6 is 0 Å². The van der Waals surface area contributed by atoms with Gasteiger partial charge in [0.05, 0.1) is 0 Å². The van der Waals surface area contributed by atoms with E-state index in [4.69, 9.17) is 0 Å². The van der Waals surface area contributed by atoms with Crippen LogP contribution in [0.25, 0.3) is 0 Å². The van der Waals surface area contributed by atoms with Crippen molar-refractivity contribution in [2.75, 3.05) is 0 Å². The number of nitrogens with one attached hydrogen (secondary N) is 1. The molecule has 1 aliphatic carbocycles. The third kappa shape index (κ3) is 3.53. The fourth-order valence-corrected chi connectivity index (χ4v) is 2.60. The van der Waals surface area contributed by atoms with E-state index in [1.165, 1.54) is 24.8 Å². The minimum Gasteiger partial charge on any atom is -0.310 e. The Morgan fingerprint density at radius 2 is 2.06 bits per heavy atom. The van der Waals surface area contributed by atoms with Crippen molar-refractivity contribution in [2.24, 2.45) is 11.8 Å². The molecule has 0 spiro atoms. The molecule has 0 saturated heterocycles. The molecule has 1 heterocycles. The van der Waals surface area contributed by atoms with Crippen molar-refractivity contribution in [2.45, 2.75) is 52.6 Å². The maximum atomic E-state index is 4.33. The quantitative estimate of drug-likeness (QED) is 0.865. The lowest BCUT2D eigenvalue weighted by atomic mass is 9.79. The smallest absolute Gasteiger partial charge is 0.0372 e. The Bertz CT molecular complexity index is 344. The first-order chi connectivity index (χ1) is 8.15. The molecular weight excluding hydrogens is 208 g/mol. The van der Waals surface area contributed by atoms with E-state index in [0.717, 1.165) is 24.1 Å². The second-order valence-electron chi connectivity index (χ2n) is 5.65. The van der Waals surface area contributed by atoms with Crippen molar-refractivity contribution in [3.8, 4) is 0 Å². The summed E-state index contributed by atoms with van der Waals surface area (Å²) in [4.78, 5) is 4.33. The van der Waals surface area contributed by atoms with Crippen LogP contribution in [0.4, 0.5) is 0 Å². The Hall–Kier alpha value is -0.890. The van der Waals surface area contributed by atoms with Crippen LogP contribution in [0.2, 0.25) is 0 Å². The Labute approximate surface area is 105 Å². The van der Waals surface area contributed by atoms with E-state index < -0.39 is 0 Å². The predicted octanol–water partition coefficient (Wildman–Crippen LogP) is 3.30. The van der Waals surface area contributed by atoms with Gasteiger partial charge in [-0.15, -0.1) is 0 Å². The third-order valence-corrected chi connectivity index (χ3v) is 4.17. The zero-order chi connectivity index (χ0) is 12.3. The van der Waals surface area contributed by atoms with Gasteiger partial charge >= 0.3 is 0 Å². The van der Waals surface area contributed by atoms with Crippen molar-refractivity contribution in [3.63, 3.8) is 0 Å². The van der Waals surface area contributed by atoms with Crippen molar-refractivity contribution >= 4 is 0 Å². The molecule has 0 radical (unpaired) electrons. The van der Waals surface area contributed by atoms with E-state index in [-0.39, 0.29) is 0 Å². The fraction of sp³-hybridized carbons (Fsp3) is 0.667. The Balaban J connectivity index is 1.80. The molecule has 3 atom stereocenters. The van der Waals surface area contributed by atoms with Crippen LogP contribution in [0.3, 0.4) is 0 Å². The molecule has 0 aliphatic heterocycles. The SMILES string of the molecule is Cc1ccc(CNC2CCC(C)C(C)C2)cn1. The van der Waals surface area contributed by atoms with Crippen LogP contribution in [-0.2, 0) is 6.54 Å². The lowest BCUT2D eigenvalue weighted by Crippen LogP contribution is -2.35. The van der Waals surface area contributed by atoms with E-state index in [0.29, 0.717) is 6.04 Å². The Morgan fingerprint density at radius 3 is 2.71 bits per heavy atom. The number of hydrogen-bond acceptors (Lipinski definition) is 2. The van der Waals surface area contributed by atoms with Crippen LogP contribution in [-0.4, -0.2) is 11.0 Å².